The Kier molecular flexibility index (Phi) is 6.13. The number of H-pyrrole nitrogens is 1. The summed E-state index contributed by atoms with van der Waals surface area (Å²) in [4.78, 5) is 34.7. The number of benzene rings is 2. The van der Waals surface area contributed by atoms with Crippen LogP contribution in [0.15, 0.2) is 58.7 Å². The van der Waals surface area contributed by atoms with Crippen LogP contribution in [0, 0.1) is 5.82 Å². The van der Waals surface area contributed by atoms with Gasteiger partial charge in [-0.25, -0.2) is 9.37 Å². The number of hydrogen-bond acceptors (Lipinski definition) is 5. The average Bonchev–Trinajstić information content (AvgIpc) is 3.14. The molecule has 4 rings (SSSR count). The summed E-state index contributed by atoms with van der Waals surface area (Å²) in [5.74, 6) is -0.0597. The maximum absolute atomic E-state index is 13.2. The first-order chi connectivity index (χ1) is 14.9. The standard InChI is InChI=1S/C22H18ClFN4O2S/c1-28(11-19(29)25-16-8-4-14(23)5-9-16)10-18-26-21(30)20-17(12-31-22(20)27-18)13-2-6-15(24)7-3-13/h2-9,12H,10-11H2,1H3,(H,25,29)(H,26,27,30). The van der Waals surface area contributed by atoms with Crippen molar-refractivity contribution < 1.29 is 9.18 Å². The van der Waals surface area contributed by atoms with Crippen molar-refractivity contribution in [1.29, 1.82) is 0 Å². The molecule has 0 aliphatic heterocycles. The van der Waals surface area contributed by atoms with Crippen molar-refractivity contribution >= 4 is 44.7 Å². The Morgan fingerprint density at radius 1 is 1.19 bits per heavy atom. The van der Waals surface area contributed by atoms with Crippen molar-refractivity contribution in [2.75, 3.05) is 18.9 Å². The first-order valence-electron chi connectivity index (χ1n) is 9.39. The summed E-state index contributed by atoms with van der Waals surface area (Å²) < 4.78 is 13.2. The van der Waals surface area contributed by atoms with Crippen LogP contribution in [-0.2, 0) is 11.3 Å². The fourth-order valence-electron chi connectivity index (χ4n) is 3.20. The van der Waals surface area contributed by atoms with Gasteiger partial charge in [-0.15, -0.1) is 11.3 Å². The lowest BCUT2D eigenvalue weighted by Crippen LogP contribution is -2.31. The third-order valence-electron chi connectivity index (χ3n) is 4.61. The van der Waals surface area contributed by atoms with Crippen LogP contribution in [-0.4, -0.2) is 34.4 Å². The molecular weight excluding hydrogens is 439 g/mol. The fraction of sp³-hybridized carbons (Fsp3) is 0.136. The summed E-state index contributed by atoms with van der Waals surface area (Å²) in [6.45, 7) is 0.415. The molecule has 9 heteroatoms. The molecule has 2 heterocycles. The minimum absolute atomic E-state index is 0.121. The highest BCUT2D eigenvalue weighted by Gasteiger charge is 2.15. The molecule has 0 fully saturated rings. The molecule has 31 heavy (non-hydrogen) atoms. The topological polar surface area (TPSA) is 78.1 Å². The molecular formula is C22H18ClFN4O2S. The van der Waals surface area contributed by atoms with E-state index in [9.17, 15) is 14.0 Å². The lowest BCUT2D eigenvalue weighted by atomic mass is 10.1. The van der Waals surface area contributed by atoms with E-state index in [4.69, 9.17) is 11.6 Å². The number of likely N-dealkylation sites (N-methyl/N-ethyl adjacent to an activating group) is 1. The van der Waals surface area contributed by atoms with Crippen LogP contribution in [0.1, 0.15) is 5.82 Å². The fourth-order valence-corrected chi connectivity index (χ4v) is 4.29. The predicted octanol–water partition coefficient (Wildman–Crippen LogP) is 4.51. The van der Waals surface area contributed by atoms with Gasteiger partial charge in [0.2, 0.25) is 5.91 Å². The van der Waals surface area contributed by atoms with Gasteiger partial charge in [0.25, 0.3) is 5.56 Å². The molecule has 2 N–H and O–H groups in total. The number of hydrogen-bond donors (Lipinski definition) is 2. The van der Waals surface area contributed by atoms with Crippen molar-refractivity contribution in [3.63, 3.8) is 0 Å². The van der Waals surface area contributed by atoms with Crippen molar-refractivity contribution in [3.05, 3.63) is 80.9 Å². The van der Waals surface area contributed by atoms with E-state index >= 15 is 0 Å². The smallest absolute Gasteiger partial charge is 0.260 e. The molecule has 0 atom stereocenters. The van der Waals surface area contributed by atoms with Gasteiger partial charge in [0.1, 0.15) is 16.5 Å². The second kappa shape index (κ2) is 8.97. The Balaban J connectivity index is 1.47. The average molecular weight is 457 g/mol. The number of fused-ring (bicyclic) bond motifs is 1. The maximum atomic E-state index is 13.2. The van der Waals surface area contributed by atoms with Gasteiger partial charge in [-0.1, -0.05) is 23.7 Å². The molecule has 6 nitrogen and oxygen atoms in total. The number of amides is 1. The molecule has 0 spiro atoms. The summed E-state index contributed by atoms with van der Waals surface area (Å²) >= 11 is 7.20. The summed E-state index contributed by atoms with van der Waals surface area (Å²) in [7, 11) is 1.77. The number of halogens is 2. The lowest BCUT2D eigenvalue weighted by molar-refractivity contribution is -0.117. The van der Waals surface area contributed by atoms with Gasteiger partial charge in [0, 0.05) is 21.7 Å². The Hall–Kier alpha value is -3.07. The summed E-state index contributed by atoms with van der Waals surface area (Å²) in [6.07, 6.45) is 0. The van der Waals surface area contributed by atoms with Crippen LogP contribution < -0.4 is 10.9 Å². The van der Waals surface area contributed by atoms with Crippen LogP contribution in [0.2, 0.25) is 5.02 Å². The largest absolute Gasteiger partial charge is 0.325 e. The van der Waals surface area contributed by atoms with E-state index in [1.54, 1.807) is 48.3 Å². The molecule has 0 radical (unpaired) electrons. The molecule has 0 aliphatic rings. The van der Waals surface area contributed by atoms with Crippen LogP contribution >= 0.6 is 22.9 Å². The molecule has 0 saturated carbocycles. The van der Waals surface area contributed by atoms with E-state index in [-0.39, 0.29) is 23.8 Å². The number of carbonyl (C=O) groups is 1. The molecule has 0 saturated heterocycles. The van der Waals surface area contributed by atoms with Crippen molar-refractivity contribution in [1.82, 2.24) is 14.9 Å². The van der Waals surface area contributed by atoms with Gasteiger partial charge >= 0.3 is 0 Å². The summed E-state index contributed by atoms with van der Waals surface area (Å²) in [5, 5.41) is 5.71. The number of rotatable bonds is 6. The SMILES string of the molecule is CN(CC(=O)Nc1ccc(Cl)cc1)Cc1nc2scc(-c3ccc(F)cc3)c2c(=O)[nH]1. The van der Waals surface area contributed by atoms with Gasteiger partial charge in [0.05, 0.1) is 18.5 Å². The summed E-state index contributed by atoms with van der Waals surface area (Å²) in [5.41, 5.74) is 1.86. The van der Waals surface area contributed by atoms with Gasteiger partial charge < -0.3 is 10.3 Å². The van der Waals surface area contributed by atoms with E-state index in [2.05, 4.69) is 15.3 Å². The van der Waals surface area contributed by atoms with E-state index in [0.717, 1.165) is 11.1 Å². The van der Waals surface area contributed by atoms with Crippen molar-refractivity contribution in [2.24, 2.45) is 0 Å². The Bertz CT molecular complexity index is 1290. The minimum Gasteiger partial charge on any atom is -0.325 e. The number of anilines is 1. The van der Waals surface area contributed by atoms with E-state index in [1.807, 2.05) is 5.38 Å². The zero-order valence-corrected chi connectivity index (χ0v) is 18.1. The Labute approximate surface area is 186 Å². The molecule has 0 unspecified atom stereocenters. The van der Waals surface area contributed by atoms with Crippen LogP contribution in [0.5, 0.6) is 0 Å². The summed E-state index contributed by atoms with van der Waals surface area (Å²) in [6, 6.07) is 12.8. The molecule has 0 bridgehead atoms. The van der Waals surface area contributed by atoms with Crippen LogP contribution in [0.25, 0.3) is 21.3 Å². The second-order valence-electron chi connectivity index (χ2n) is 7.08. The van der Waals surface area contributed by atoms with Crippen LogP contribution in [0.4, 0.5) is 10.1 Å². The minimum atomic E-state index is -0.333. The normalized spacial score (nSPS) is 11.2. The van der Waals surface area contributed by atoms with E-state index < -0.39 is 0 Å². The van der Waals surface area contributed by atoms with Gasteiger partial charge in [-0.3, -0.25) is 14.5 Å². The first kappa shape index (κ1) is 21.2. The Morgan fingerprint density at radius 2 is 1.90 bits per heavy atom. The van der Waals surface area contributed by atoms with Gasteiger partial charge in [-0.2, -0.15) is 0 Å². The number of carbonyl (C=O) groups excluding carboxylic acids is 1. The third-order valence-corrected chi connectivity index (χ3v) is 5.73. The highest BCUT2D eigenvalue weighted by molar-refractivity contribution is 7.17. The third kappa shape index (κ3) is 4.99. The van der Waals surface area contributed by atoms with E-state index in [1.165, 1.54) is 23.5 Å². The number of aromatic amines is 1. The number of nitrogens with zero attached hydrogens (tertiary/aromatic N) is 2. The highest BCUT2D eigenvalue weighted by atomic mass is 35.5. The number of nitrogens with one attached hydrogen (secondary N) is 2. The predicted molar refractivity (Wildman–Crippen MR) is 122 cm³/mol. The number of aromatic nitrogens is 2. The first-order valence-corrected chi connectivity index (χ1v) is 10.6. The van der Waals surface area contributed by atoms with Gasteiger partial charge in [-0.05, 0) is 49.0 Å². The molecule has 4 aromatic rings. The number of thiophene rings is 1. The van der Waals surface area contributed by atoms with E-state index in [0.29, 0.717) is 33.3 Å². The molecule has 0 aliphatic carbocycles. The van der Waals surface area contributed by atoms with Crippen molar-refractivity contribution in [2.45, 2.75) is 6.54 Å². The van der Waals surface area contributed by atoms with Gasteiger partial charge in [0.15, 0.2) is 0 Å². The maximum Gasteiger partial charge on any atom is 0.260 e. The molecule has 1 amide bonds. The molecule has 2 aromatic heterocycles. The zero-order valence-electron chi connectivity index (χ0n) is 16.5. The molecule has 2 aromatic carbocycles. The second-order valence-corrected chi connectivity index (χ2v) is 8.37. The lowest BCUT2D eigenvalue weighted by Gasteiger charge is -2.15. The zero-order chi connectivity index (χ0) is 22.0. The quantitative estimate of drug-likeness (QED) is 0.447. The molecule has 158 valence electrons. The van der Waals surface area contributed by atoms with Crippen molar-refractivity contribution in [3.8, 4) is 11.1 Å². The van der Waals surface area contributed by atoms with Crippen LogP contribution in [0.3, 0.4) is 0 Å². The highest BCUT2D eigenvalue weighted by Crippen LogP contribution is 2.30. The Morgan fingerprint density at radius 3 is 2.61 bits per heavy atom. The monoisotopic (exact) mass is 456 g/mol.